The molecule has 1 amide bonds. The average molecular weight is 354 g/mol. The lowest BCUT2D eigenvalue weighted by Gasteiger charge is -2.33. The number of methoxy groups -OCH3 is 1. The second-order valence-corrected chi connectivity index (χ2v) is 6.09. The van der Waals surface area contributed by atoms with Gasteiger partial charge < -0.3 is 14.8 Å². The van der Waals surface area contributed by atoms with Gasteiger partial charge in [0.05, 0.1) is 19.2 Å². The molecule has 1 N–H and O–H groups in total. The molecule has 0 saturated carbocycles. The van der Waals surface area contributed by atoms with Gasteiger partial charge in [-0.2, -0.15) is 0 Å². The number of nitrogens with one attached hydrogen (secondary N) is 1. The molecule has 1 fully saturated rings. The van der Waals surface area contributed by atoms with Gasteiger partial charge >= 0.3 is 5.97 Å². The van der Waals surface area contributed by atoms with Crippen molar-refractivity contribution in [2.45, 2.75) is 19.0 Å². The first kappa shape index (κ1) is 17.9. The van der Waals surface area contributed by atoms with Crippen molar-refractivity contribution < 1.29 is 19.1 Å². The quantitative estimate of drug-likeness (QED) is 0.807. The maximum absolute atomic E-state index is 12.5. The molecule has 0 aliphatic carbocycles. The molecule has 2 aromatic rings. The van der Waals surface area contributed by atoms with Crippen LogP contribution in [0.1, 0.15) is 12.0 Å². The van der Waals surface area contributed by atoms with Gasteiger partial charge in [-0.25, -0.2) is 0 Å². The fourth-order valence-corrected chi connectivity index (χ4v) is 3.01. The third kappa shape index (κ3) is 4.40. The minimum atomic E-state index is -0.598. The standard InChI is InChI=1S/C20H22N2O4/c1-25-18-10-6-5-9-16(18)21-19(23)13-17-20(24)26-12-11-22(17)14-15-7-3-2-4-8-15/h2-10,17H,11-14H2,1H3,(H,21,23). The van der Waals surface area contributed by atoms with E-state index in [1.807, 2.05) is 47.4 Å². The Morgan fingerprint density at radius 3 is 2.69 bits per heavy atom. The number of carbonyl (C=O) groups excluding carboxylic acids is 2. The predicted molar refractivity (Wildman–Crippen MR) is 97.8 cm³/mol. The Morgan fingerprint density at radius 1 is 1.19 bits per heavy atom. The summed E-state index contributed by atoms with van der Waals surface area (Å²) < 4.78 is 10.4. The number of nitrogens with zero attached hydrogens (tertiary/aromatic N) is 1. The number of ether oxygens (including phenoxy) is 2. The second kappa shape index (κ2) is 8.49. The van der Waals surface area contributed by atoms with Crippen LogP contribution in [0.2, 0.25) is 0 Å². The molecule has 6 heteroatoms. The zero-order valence-electron chi connectivity index (χ0n) is 14.7. The average Bonchev–Trinajstić information content (AvgIpc) is 2.66. The fraction of sp³-hybridized carbons (Fsp3) is 0.300. The summed E-state index contributed by atoms with van der Waals surface area (Å²) in [6, 6.07) is 16.5. The van der Waals surface area contributed by atoms with Crippen molar-refractivity contribution in [1.82, 2.24) is 4.90 Å². The molecule has 0 aromatic heterocycles. The Balaban J connectivity index is 1.68. The Bertz CT molecular complexity index is 763. The minimum absolute atomic E-state index is 0.0315. The molecule has 0 spiro atoms. The van der Waals surface area contributed by atoms with E-state index in [-0.39, 0.29) is 18.3 Å². The number of anilines is 1. The van der Waals surface area contributed by atoms with E-state index in [9.17, 15) is 9.59 Å². The van der Waals surface area contributed by atoms with Crippen molar-refractivity contribution in [3.63, 3.8) is 0 Å². The van der Waals surface area contributed by atoms with Crippen LogP contribution in [0.5, 0.6) is 5.75 Å². The third-order valence-corrected chi connectivity index (χ3v) is 4.32. The topological polar surface area (TPSA) is 67.9 Å². The highest BCUT2D eigenvalue weighted by Gasteiger charge is 2.33. The fourth-order valence-electron chi connectivity index (χ4n) is 3.01. The summed E-state index contributed by atoms with van der Waals surface area (Å²) in [7, 11) is 1.55. The molecular weight excluding hydrogens is 332 g/mol. The lowest BCUT2D eigenvalue weighted by atomic mass is 10.1. The molecule has 1 aliphatic rings. The van der Waals surface area contributed by atoms with Crippen molar-refractivity contribution in [2.24, 2.45) is 0 Å². The number of benzene rings is 2. The minimum Gasteiger partial charge on any atom is -0.495 e. The monoisotopic (exact) mass is 354 g/mol. The van der Waals surface area contributed by atoms with Crippen LogP contribution in [0.15, 0.2) is 54.6 Å². The first-order valence-electron chi connectivity index (χ1n) is 8.55. The number of morpholine rings is 1. The van der Waals surface area contributed by atoms with Crippen LogP contribution in [-0.4, -0.2) is 43.1 Å². The van der Waals surface area contributed by atoms with Crippen LogP contribution >= 0.6 is 0 Å². The second-order valence-electron chi connectivity index (χ2n) is 6.09. The van der Waals surface area contributed by atoms with Crippen molar-refractivity contribution in [2.75, 3.05) is 25.6 Å². The molecule has 26 heavy (non-hydrogen) atoms. The molecule has 1 saturated heterocycles. The Kier molecular flexibility index (Phi) is 5.86. The van der Waals surface area contributed by atoms with Crippen LogP contribution < -0.4 is 10.1 Å². The number of cyclic esters (lactones) is 1. The summed E-state index contributed by atoms with van der Waals surface area (Å²) >= 11 is 0. The van der Waals surface area contributed by atoms with Crippen molar-refractivity contribution >= 4 is 17.6 Å². The first-order valence-corrected chi connectivity index (χ1v) is 8.55. The van der Waals surface area contributed by atoms with Gasteiger partial charge in [0.25, 0.3) is 0 Å². The van der Waals surface area contributed by atoms with E-state index in [0.29, 0.717) is 31.1 Å². The summed E-state index contributed by atoms with van der Waals surface area (Å²) in [5.41, 5.74) is 1.68. The van der Waals surface area contributed by atoms with Gasteiger partial charge in [-0.3, -0.25) is 14.5 Å². The first-order chi connectivity index (χ1) is 12.7. The lowest BCUT2D eigenvalue weighted by Crippen LogP contribution is -2.49. The highest BCUT2D eigenvalue weighted by molar-refractivity contribution is 5.95. The van der Waals surface area contributed by atoms with E-state index in [1.54, 1.807) is 19.2 Å². The van der Waals surface area contributed by atoms with Crippen LogP contribution in [0.25, 0.3) is 0 Å². The number of para-hydroxylation sites is 2. The molecule has 1 aliphatic heterocycles. The molecule has 136 valence electrons. The highest BCUT2D eigenvalue weighted by Crippen LogP contribution is 2.24. The molecule has 1 heterocycles. The van der Waals surface area contributed by atoms with Crippen molar-refractivity contribution in [1.29, 1.82) is 0 Å². The van der Waals surface area contributed by atoms with E-state index in [2.05, 4.69) is 5.32 Å². The molecule has 2 aromatic carbocycles. The Hall–Kier alpha value is -2.86. The van der Waals surface area contributed by atoms with Crippen molar-refractivity contribution in [3.05, 3.63) is 60.2 Å². The van der Waals surface area contributed by atoms with E-state index < -0.39 is 6.04 Å². The number of rotatable bonds is 6. The normalized spacial score (nSPS) is 17.4. The molecule has 3 rings (SSSR count). The summed E-state index contributed by atoms with van der Waals surface area (Å²) in [5, 5.41) is 2.82. The number of hydrogen-bond donors (Lipinski definition) is 1. The zero-order chi connectivity index (χ0) is 18.4. The van der Waals surface area contributed by atoms with Gasteiger partial charge in [-0.1, -0.05) is 42.5 Å². The summed E-state index contributed by atoms with van der Waals surface area (Å²) in [5.74, 6) is -0.0352. The molecule has 6 nitrogen and oxygen atoms in total. The zero-order valence-corrected chi connectivity index (χ0v) is 14.7. The largest absolute Gasteiger partial charge is 0.495 e. The summed E-state index contributed by atoms with van der Waals surface area (Å²) in [6.45, 7) is 1.55. The van der Waals surface area contributed by atoms with Crippen molar-refractivity contribution in [3.8, 4) is 5.75 Å². The van der Waals surface area contributed by atoms with Gasteiger partial charge in [0, 0.05) is 13.1 Å². The molecule has 1 atom stereocenters. The number of hydrogen-bond acceptors (Lipinski definition) is 5. The maximum Gasteiger partial charge on any atom is 0.323 e. The highest BCUT2D eigenvalue weighted by atomic mass is 16.5. The van der Waals surface area contributed by atoms with Crippen LogP contribution in [0, 0.1) is 0 Å². The van der Waals surface area contributed by atoms with Crippen LogP contribution in [0.4, 0.5) is 5.69 Å². The number of esters is 1. The van der Waals surface area contributed by atoms with Gasteiger partial charge in [-0.15, -0.1) is 0 Å². The summed E-state index contributed by atoms with van der Waals surface area (Å²) in [4.78, 5) is 26.7. The smallest absolute Gasteiger partial charge is 0.323 e. The van der Waals surface area contributed by atoms with Gasteiger partial charge in [0.15, 0.2) is 0 Å². The molecule has 0 radical (unpaired) electrons. The Morgan fingerprint density at radius 2 is 1.92 bits per heavy atom. The molecule has 0 bridgehead atoms. The van der Waals surface area contributed by atoms with Gasteiger partial charge in [0.2, 0.25) is 5.91 Å². The Labute approximate surface area is 152 Å². The SMILES string of the molecule is COc1ccccc1NC(=O)CC1C(=O)OCCN1Cc1ccccc1. The maximum atomic E-state index is 12.5. The third-order valence-electron chi connectivity index (χ3n) is 4.32. The molecular formula is C20H22N2O4. The number of amides is 1. The van der Waals surface area contributed by atoms with Crippen LogP contribution in [-0.2, 0) is 20.9 Å². The van der Waals surface area contributed by atoms with E-state index in [4.69, 9.17) is 9.47 Å². The molecule has 1 unspecified atom stereocenters. The predicted octanol–water partition coefficient (Wildman–Crippen LogP) is 2.45. The van der Waals surface area contributed by atoms with E-state index >= 15 is 0 Å². The van der Waals surface area contributed by atoms with E-state index in [1.165, 1.54) is 0 Å². The van der Waals surface area contributed by atoms with E-state index in [0.717, 1.165) is 5.56 Å². The summed E-state index contributed by atoms with van der Waals surface area (Å²) in [6.07, 6.45) is 0.0315. The van der Waals surface area contributed by atoms with Gasteiger partial charge in [-0.05, 0) is 17.7 Å². The van der Waals surface area contributed by atoms with Gasteiger partial charge in [0.1, 0.15) is 18.4 Å². The number of carbonyl (C=O) groups is 2. The lowest BCUT2D eigenvalue weighted by molar-refractivity contribution is -0.159. The van der Waals surface area contributed by atoms with Crippen LogP contribution in [0.3, 0.4) is 0 Å².